The molecule has 1 aliphatic rings. The van der Waals surface area contributed by atoms with E-state index in [0.717, 1.165) is 32.7 Å². The SMILES string of the molecule is CCCOC1CCCN(Cc2ccc(OC)nc2)C1. The van der Waals surface area contributed by atoms with Gasteiger partial charge in [-0.25, -0.2) is 4.98 Å². The Balaban J connectivity index is 1.83. The Labute approximate surface area is 115 Å². The largest absolute Gasteiger partial charge is 0.481 e. The number of rotatable bonds is 6. The average molecular weight is 264 g/mol. The summed E-state index contributed by atoms with van der Waals surface area (Å²) in [5.41, 5.74) is 1.23. The van der Waals surface area contributed by atoms with E-state index in [2.05, 4.69) is 22.9 Å². The minimum Gasteiger partial charge on any atom is -0.481 e. The molecule has 1 saturated heterocycles. The number of likely N-dealkylation sites (tertiary alicyclic amines) is 1. The fourth-order valence-electron chi connectivity index (χ4n) is 2.46. The van der Waals surface area contributed by atoms with Gasteiger partial charge < -0.3 is 9.47 Å². The molecule has 0 radical (unpaired) electrons. The second-order valence-electron chi connectivity index (χ2n) is 5.08. The maximum Gasteiger partial charge on any atom is 0.212 e. The van der Waals surface area contributed by atoms with Crippen molar-refractivity contribution in [1.29, 1.82) is 0 Å². The van der Waals surface area contributed by atoms with Crippen LogP contribution in [0.25, 0.3) is 0 Å². The van der Waals surface area contributed by atoms with Crippen molar-refractivity contribution in [2.45, 2.75) is 38.8 Å². The molecule has 106 valence electrons. The zero-order chi connectivity index (χ0) is 13.5. The topological polar surface area (TPSA) is 34.6 Å². The van der Waals surface area contributed by atoms with Crippen molar-refractivity contribution in [3.63, 3.8) is 0 Å². The lowest BCUT2D eigenvalue weighted by Gasteiger charge is -2.32. The van der Waals surface area contributed by atoms with E-state index >= 15 is 0 Å². The third kappa shape index (κ3) is 4.48. The molecular formula is C15H24N2O2. The number of ether oxygens (including phenoxy) is 2. The molecule has 1 aromatic heterocycles. The van der Waals surface area contributed by atoms with Gasteiger partial charge in [-0.2, -0.15) is 0 Å². The number of hydrogen-bond acceptors (Lipinski definition) is 4. The smallest absolute Gasteiger partial charge is 0.212 e. The minimum absolute atomic E-state index is 0.403. The van der Waals surface area contributed by atoms with Gasteiger partial charge in [-0.15, -0.1) is 0 Å². The average Bonchev–Trinajstić information content (AvgIpc) is 2.46. The summed E-state index contributed by atoms with van der Waals surface area (Å²) in [5.74, 6) is 0.673. The van der Waals surface area contributed by atoms with E-state index in [1.165, 1.54) is 18.4 Å². The Kier molecular flexibility index (Phi) is 5.61. The predicted octanol–water partition coefficient (Wildman–Crippen LogP) is 2.48. The van der Waals surface area contributed by atoms with E-state index in [4.69, 9.17) is 9.47 Å². The summed E-state index contributed by atoms with van der Waals surface area (Å²) in [6.45, 7) is 6.17. The van der Waals surface area contributed by atoms with Crippen LogP contribution < -0.4 is 4.74 Å². The summed E-state index contributed by atoms with van der Waals surface area (Å²) < 4.78 is 10.9. The maximum atomic E-state index is 5.86. The monoisotopic (exact) mass is 264 g/mol. The van der Waals surface area contributed by atoms with Crippen molar-refractivity contribution in [3.05, 3.63) is 23.9 Å². The Hall–Kier alpha value is -1.13. The molecule has 0 amide bonds. The molecule has 0 bridgehead atoms. The molecule has 0 saturated carbocycles. The van der Waals surface area contributed by atoms with Gasteiger partial charge in [0.1, 0.15) is 0 Å². The highest BCUT2D eigenvalue weighted by Crippen LogP contribution is 2.16. The van der Waals surface area contributed by atoms with Crippen LogP contribution in [-0.2, 0) is 11.3 Å². The number of piperidine rings is 1. The zero-order valence-electron chi connectivity index (χ0n) is 12.0. The molecular weight excluding hydrogens is 240 g/mol. The summed E-state index contributed by atoms with van der Waals surface area (Å²) in [4.78, 5) is 6.70. The first-order valence-electron chi connectivity index (χ1n) is 7.14. The van der Waals surface area contributed by atoms with Gasteiger partial charge in [0.2, 0.25) is 5.88 Å². The Bertz CT molecular complexity index is 367. The summed E-state index contributed by atoms with van der Waals surface area (Å²) >= 11 is 0. The van der Waals surface area contributed by atoms with E-state index in [0.29, 0.717) is 12.0 Å². The maximum absolute atomic E-state index is 5.86. The summed E-state index contributed by atoms with van der Waals surface area (Å²) in [6, 6.07) is 4.01. The van der Waals surface area contributed by atoms with Gasteiger partial charge in [-0.1, -0.05) is 13.0 Å². The van der Waals surface area contributed by atoms with Crippen LogP contribution in [0, 0.1) is 0 Å². The van der Waals surface area contributed by atoms with Crippen LogP contribution in [0.15, 0.2) is 18.3 Å². The third-order valence-corrected chi connectivity index (χ3v) is 3.43. The second kappa shape index (κ2) is 7.46. The Morgan fingerprint density at radius 3 is 3.00 bits per heavy atom. The standard InChI is InChI=1S/C15H24N2O2/c1-3-9-19-14-5-4-8-17(12-14)11-13-6-7-15(18-2)16-10-13/h6-7,10,14H,3-5,8-9,11-12H2,1-2H3. The first-order valence-corrected chi connectivity index (χ1v) is 7.14. The molecule has 19 heavy (non-hydrogen) atoms. The highest BCUT2D eigenvalue weighted by molar-refractivity contribution is 5.17. The second-order valence-corrected chi connectivity index (χ2v) is 5.08. The molecule has 4 heteroatoms. The van der Waals surface area contributed by atoms with Gasteiger partial charge in [-0.3, -0.25) is 4.90 Å². The van der Waals surface area contributed by atoms with E-state index in [-0.39, 0.29) is 0 Å². The predicted molar refractivity (Wildman–Crippen MR) is 75.3 cm³/mol. The van der Waals surface area contributed by atoms with Crippen LogP contribution in [-0.4, -0.2) is 42.8 Å². The van der Waals surface area contributed by atoms with Crippen molar-refractivity contribution in [2.24, 2.45) is 0 Å². The number of pyridine rings is 1. The first kappa shape index (κ1) is 14.3. The van der Waals surface area contributed by atoms with Crippen LogP contribution >= 0.6 is 0 Å². The Morgan fingerprint density at radius 1 is 1.42 bits per heavy atom. The molecule has 1 unspecified atom stereocenters. The number of methoxy groups -OCH3 is 1. The van der Waals surface area contributed by atoms with Crippen molar-refractivity contribution in [2.75, 3.05) is 26.8 Å². The third-order valence-electron chi connectivity index (χ3n) is 3.43. The molecule has 1 aromatic rings. The van der Waals surface area contributed by atoms with Gasteiger partial charge in [0.15, 0.2) is 0 Å². The number of hydrogen-bond donors (Lipinski definition) is 0. The van der Waals surface area contributed by atoms with Crippen LogP contribution in [0.4, 0.5) is 0 Å². The summed E-state index contributed by atoms with van der Waals surface area (Å²) in [6.07, 6.45) is 5.81. The van der Waals surface area contributed by atoms with Crippen LogP contribution in [0.2, 0.25) is 0 Å². The van der Waals surface area contributed by atoms with Gasteiger partial charge in [0.05, 0.1) is 13.2 Å². The molecule has 4 nitrogen and oxygen atoms in total. The van der Waals surface area contributed by atoms with E-state index < -0.39 is 0 Å². The zero-order valence-corrected chi connectivity index (χ0v) is 12.0. The molecule has 1 aliphatic heterocycles. The molecule has 0 spiro atoms. The highest BCUT2D eigenvalue weighted by Gasteiger charge is 2.20. The molecule has 0 aromatic carbocycles. The number of aromatic nitrogens is 1. The lowest BCUT2D eigenvalue weighted by atomic mass is 10.1. The first-order chi connectivity index (χ1) is 9.31. The Morgan fingerprint density at radius 2 is 2.32 bits per heavy atom. The van der Waals surface area contributed by atoms with Crippen molar-refractivity contribution < 1.29 is 9.47 Å². The van der Waals surface area contributed by atoms with Crippen LogP contribution in [0.3, 0.4) is 0 Å². The van der Waals surface area contributed by atoms with Crippen molar-refractivity contribution >= 4 is 0 Å². The quantitative estimate of drug-likeness (QED) is 0.790. The van der Waals surface area contributed by atoms with Gasteiger partial charge in [-0.05, 0) is 31.4 Å². The van der Waals surface area contributed by atoms with E-state index in [1.54, 1.807) is 7.11 Å². The molecule has 2 heterocycles. The van der Waals surface area contributed by atoms with Crippen LogP contribution in [0.1, 0.15) is 31.7 Å². The normalized spacial score (nSPS) is 20.4. The fraction of sp³-hybridized carbons (Fsp3) is 0.667. The minimum atomic E-state index is 0.403. The van der Waals surface area contributed by atoms with Crippen LogP contribution in [0.5, 0.6) is 5.88 Å². The summed E-state index contributed by atoms with van der Waals surface area (Å²) in [7, 11) is 1.64. The summed E-state index contributed by atoms with van der Waals surface area (Å²) in [5, 5.41) is 0. The molecule has 1 atom stereocenters. The molecule has 0 aliphatic carbocycles. The highest BCUT2D eigenvalue weighted by atomic mass is 16.5. The van der Waals surface area contributed by atoms with Crippen molar-refractivity contribution in [1.82, 2.24) is 9.88 Å². The fourth-order valence-corrected chi connectivity index (χ4v) is 2.46. The molecule has 2 rings (SSSR count). The molecule has 1 fully saturated rings. The number of nitrogens with zero attached hydrogens (tertiary/aromatic N) is 2. The van der Waals surface area contributed by atoms with Gasteiger partial charge in [0.25, 0.3) is 0 Å². The van der Waals surface area contributed by atoms with E-state index in [1.807, 2.05) is 12.3 Å². The lowest BCUT2D eigenvalue weighted by molar-refractivity contribution is -0.00225. The van der Waals surface area contributed by atoms with Gasteiger partial charge in [0, 0.05) is 32.0 Å². The van der Waals surface area contributed by atoms with Gasteiger partial charge >= 0.3 is 0 Å². The van der Waals surface area contributed by atoms with Crippen molar-refractivity contribution in [3.8, 4) is 5.88 Å². The molecule has 0 N–H and O–H groups in total. The van der Waals surface area contributed by atoms with E-state index in [9.17, 15) is 0 Å². The lowest BCUT2D eigenvalue weighted by Crippen LogP contribution is -2.39.